The predicted molar refractivity (Wildman–Crippen MR) is 56.6 cm³/mol. The second-order valence-corrected chi connectivity index (χ2v) is 4.97. The van der Waals surface area contributed by atoms with Gasteiger partial charge in [-0.2, -0.15) is 11.8 Å². The molecule has 0 bridgehead atoms. The first-order chi connectivity index (χ1) is 5.76. The SMILES string of the molecule is CSC(C)CN1CCC(CN)C1. The van der Waals surface area contributed by atoms with Crippen molar-refractivity contribution in [3.05, 3.63) is 0 Å². The molecule has 1 heterocycles. The zero-order valence-corrected chi connectivity index (χ0v) is 8.94. The molecule has 1 fully saturated rings. The monoisotopic (exact) mass is 188 g/mol. The molecule has 1 saturated heterocycles. The van der Waals surface area contributed by atoms with Crippen LogP contribution in [0.1, 0.15) is 13.3 Å². The van der Waals surface area contributed by atoms with Gasteiger partial charge in [-0.3, -0.25) is 0 Å². The molecule has 12 heavy (non-hydrogen) atoms. The van der Waals surface area contributed by atoms with Crippen LogP contribution in [0.15, 0.2) is 0 Å². The fourth-order valence-corrected chi connectivity index (χ4v) is 2.07. The molecule has 0 spiro atoms. The number of thioether (sulfide) groups is 1. The number of nitrogens with two attached hydrogens (primary N) is 1. The summed E-state index contributed by atoms with van der Waals surface area (Å²) in [5.74, 6) is 0.763. The summed E-state index contributed by atoms with van der Waals surface area (Å²) in [4.78, 5) is 2.54. The van der Waals surface area contributed by atoms with Gasteiger partial charge in [-0.25, -0.2) is 0 Å². The standard InChI is InChI=1S/C9H20N2S/c1-8(12-2)6-11-4-3-9(5-10)7-11/h8-9H,3-7,10H2,1-2H3. The smallest absolute Gasteiger partial charge is 0.0143 e. The molecule has 0 saturated carbocycles. The van der Waals surface area contributed by atoms with Crippen molar-refractivity contribution in [3.63, 3.8) is 0 Å². The van der Waals surface area contributed by atoms with Gasteiger partial charge in [0, 0.05) is 18.3 Å². The van der Waals surface area contributed by atoms with E-state index in [1.54, 1.807) is 0 Å². The molecule has 2 unspecified atom stereocenters. The van der Waals surface area contributed by atoms with Crippen molar-refractivity contribution < 1.29 is 0 Å². The summed E-state index contributed by atoms with van der Waals surface area (Å²) in [5.41, 5.74) is 5.63. The zero-order valence-electron chi connectivity index (χ0n) is 8.12. The third kappa shape index (κ3) is 2.96. The lowest BCUT2D eigenvalue weighted by Crippen LogP contribution is -2.28. The molecule has 1 aliphatic rings. The molecular weight excluding hydrogens is 168 g/mol. The summed E-state index contributed by atoms with van der Waals surface area (Å²) in [6, 6.07) is 0. The summed E-state index contributed by atoms with van der Waals surface area (Å²) in [5, 5.41) is 0.765. The van der Waals surface area contributed by atoms with Gasteiger partial charge >= 0.3 is 0 Å². The molecule has 0 amide bonds. The Morgan fingerprint density at radius 1 is 1.67 bits per heavy atom. The van der Waals surface area contributed by atoms with Crippen LogP contribution in [0.4, 0.5) is 0 Å². The average Bonchev–Trinajstić information content (AvgIpc) is 2.52. The highest BCUT2D eigenvalue weighted by molar-refractivity contribution is 7.99. The number of nitrogens with zero attached hydrogens (tertiary/aromatic N) is 1. The van der Waals surface area contributed by atoms with E-state index < -0.39 is 0 Å². The predicted octanol–water partition coefficient (Wildman–Crippen LogP) is 1.02. The van der Waals surface area contributed by atoms with Gasteiger partial charge in [-0.05, 0) is 31.7 Å². The maximum Gasteiger partial charge on any atom is 0.0143 e. The Bertz CT molecular complexity index is 130. The quantitative estimate of drug-likeness (QED) is 0.714. The molecule has 2 atom stereocenters. The Morgan fingerprint density at radius 3 is 2.92 bits per heavy atom. The second-order valence-electron chi connectivity index (χ2n) is 3.70. The average molecular weight is 188 g/mol. The van der Waals surface area contributed by atoms with Crippen LogP contribution in [0, 0.1) is 5.92 Å². The fraction of sp³-hybridized carbons (Fsp3) is 1.00. The van der Waals surface area contributed by atoms with Gasteiger partial charge in [0.25, 0.3) is 0 Å². The van der Waals surface area contributed by atoms with E-state index in [0.29, 0.717) is 0 Å². The Kier molecular flexibility index (Phi) is 4.40. The summed E-state index contributed by atoms with van der Waals surface area (Å²) in [6.45, 7) is 6.87. The van der Waals surface area contributed by atoms with Crippen LogP contribution in [0.2, 0.25) is 0 Å². The third-order valence-corrected chi connectivity index (χ3v) is 3.57. The van der Waals surface area contributed by atoms with Gasteiger partial charge in [0.15, 0.2) is 0 Å². The molecule has 3 heteroatoms. The van der Waals surface area contributed by atoms with Gasteiger partial charge in [0.2, 0.25) is 0 Å². The van der Waals surface area contributed by atoms with E-state index in [1.807, 2.05) is 11.8 Å². The van der Waals surface area contributed by atoms with Gasteiger partial charge in [0.05, 0.1) is 0 Å². The van der Waals surface area contributed by atoms with Gasteiger partial charge in [0.1, 0.15) is 0 Å². The van der Waals surface area contributed by atoms with E-state index in [-0.39, 0.29) is 0 Å². The van der Waals surface area contributed by atoms with Crippen molar-refractivity contribution in [3.8, 4) is 0 Å². The highest BCUT2D eigenvalue weighted by Gasteiger charge is 2.21. The van der Waals surface area contributed by atoms with Crippen LogP contribution < -0.4 is 5.73 Å². The molecule has 1 aliphatic heterocycles. The molecule has 72 valence electrons. The first-order valence-corrected chi connectivity index (χ1v) is 6.00. The maximum atomic E-state index is 5.63. The van der Waals surface area contributed by atoms with Crippen molar-refractivity contribution in [2.45, 2.75) is 18.6 Å². The normalized spacial score (nSPS) is 27.8. The van der Waals surface area contributed by atoms with E-state index in [0.717, 1.165) is 17.7 Å². The lowest BCUT2D eigenvalue weighted by Gasteiger charge is -2.19. The summed E-state index contributed by atoms with van der Waals surface area (Å²) in [6.07, 6.45) is 3.48. The lowest BCUT2D eigenvalue weighted by molar-refractivity contribution is 0.330. The first-order valence-electron chi connectivity index (χ1n) is 4.71. The lowest BCUT2D eigenvalue weighted by atomic mass is 10.1. The molecule has 0 radical (unpaired) electrons. The Labute approximate surface area is 79.9 Å². The van der Waals surface area contributed by atoms with E-state index >= 15 is 0 Å². The number of likely N-dealkylation sites (tertiary alicyclic amines) is 1. The van der Waals surface area contributed by atoms with E-state index in [4.69, 9.17) is 5.73 Å². The topological polar surface area (TPSA) is 29.3 Å². The number of rotatable bonds is 4. The fourth-order valence-electron chi connectivity index (χ4n) is 1.71. The van der Waals surface area contributed by atoms with E-state index in [9.17, 15) is 0 Å². The minimum absolute atomic E-state index is 0.763. The van der Waals surface area contributed by atoms with Crippen LogP contribution in [0.5, 0.6) is 0 Å². The minimum Gasteiger partial charge on any atom is -0.330 e. The third-order valence-electron chi connectivity index (χ3n) is 2.62. The Morgan fingerprint density at radius 2 is 2.42 bits per heavy atom. The van der Waals surface area contributed by atoms with Crippen LogP contribution in [0.3, 0.4) is 0 Å². The van der Waals surface area contributed by atoms with Crippen LogP contribution in [-0.2, 0) is 0 Å². The molecule has 1 rings (SSSR count). The minimum atomic E-state index is 0.763. The van der Waals surface area contributed by atoms with E-state index in [2.05, 4.69) is 18.1 Å². The van der Waals surface area contributed by atoms with Gasteiger partial charge in [-0.1, -0.05) is 6.92 Å². The van der Waals surface area contributed by atoms with Gasteiger partial charge < -0.3 is 10.6 Å². The van der Waals surface area contributed by atoms with Crippen molar-refractivity contribution in [2.75, 3.05) is 32.4 Å². The van der Waals surface area contributed by atoms with E-state index in [1.165, 1.54) is 26.1 Å². The highest BCUT2D eigenvalue weighted by atomic mass is 32.2. The van der Waals surface area contributed by atoms with Crippen LogP contribution in [-0.4, -0.2) is 42.6 Å². The molecule has 2 nitrogen and oxygen atoms in total. The molecular formula is C9H20N2S. The maximum absolute atomic E-state index is 5.63. The van der Waals surface area contributed by atoms with Gasteiger partial charge in [-0.15, -0.1) is 0 Å². The molecule has 0 aromatic carbocycles. The Balaban J connectivity index is 2.18. The molecule has 0 aromatic rings. The largest absolute Gasteiger partial charge is 0.330 e. The zero-order chi connectivity index (χ0) is 8.97. The summed E-state index contributed by atoms with van der Waals surface area (Å²) < 4.78 is 0. The number of hydrogen-bond acceptors (Lipinski definition) is 3. The number of hydrogen-bond donors (Lipinski definition) is 1. The summed E-state index contributed by atoms with van der Waals surface area (Å²) in [7, 11) is 0. The van der Waals surface area contributed by atoms with Crippen LogP contribution in [0.25, 0.3) is 0 Å². The molecule has 0 aromatic heterocycles. The van der Waals surface area contributed by atoms with Crippen LogP contribution >= 0.6 is 11.8 Å². The second kappa shape index (κ2) is 5.10. The Hall–Kier alpha value is 0.270. The van der Waals surface area contributed by atoms with Crippen molar-refractivity contribution in [1.29, 1.82) is 0 Å². The highest BCUT2D eigenvalue weighted by Crippen LogP contribution is 2.17. The first kappa shape index (κ1) is 10.4. The molecule has 0 aliphatic carbocycles. The summed E-state index contributed by atoms with van der Waals surface area (Å²) >= 11 is 1.95. The molecule has 2 N–H and O–H groups in total. The van der Waals surface area contributed by atoms with Crippen molar-refractivity contribution in [1.82, 2.24) is 4.90 Å². The van der Waals surface area contributed by atoms with Crippen molar-refractivity contribution in [2.24, 2.45) is 11.7 Å². The van der Waals surface area contributed by atoms with Crippen molar-refractivity contribution >= 4 is 11.8 Å².